The van der Waals surface area contributed by atoms with Gasteiger partial charge in [-0.3, -0.25) is 0 Å². The lowest BCUT2D eigenvalue weighted by Crippen LogP contribution is -2.52. The largest absolute Gasteiger partial charge is 0.497 e. The van der Waals surface area contributed by atoms with Gasteiger partial charge in [-0.2, -0.15) is 0 Å². The minimum absolute atomic E-state index is 0.319. The van der Waals surface area contributed by atoms with E-state index in [0.717, 1.165) is 11.1 Å². The van der Waals surface area contributed by atoms with E-state index in [4.69, 9.17) is 18.9 Å². The van der Waals surface area contributed by atoms with Crippen LogP contribution in [0, 0.1) is 0 Å². The fourth-order valence-electron chi connectivity index (χ4n) is 5.42. The molecule has 0 amide bonds. The van der Waals surface area contributed by atoms with Gasteiger partial charge in [-0.15, -0.1) is 0 Å². The highest BCUT2D eigenvalue weighted by Crippen LogP contribution is 2.68. The van der Waals surface area contributed by atoms with Gasteiger partial charge in [0.15, 0.2) is 11.2 Å². The molecule has 1 fully saturated rings. The highest BCUT2D eigenvalue weighted by molar-refractivity contribution is 5.62. The molecule has 32 heavy (non-hydrogen) atoms. The van der Waals surface area contributed by atoms with Gasteiger partial charge in [0.25, 0.3) is 0 Å². The van der Waals surface area contributed by atoms with Crippen LogP contribution in [0.2, 0.25) is 0 Å². The molecule has 1 aliphatic carbocycles. The van der Waals surface area contributed by atoms with Crippen molar-refractivity contribution in [1.29, 1.82) is 0 Å². The van der Waals surface area contributed by atoms with Gasteiger partial charge >= 0.3 is 0 Å². The summed E-state index contributed by atoms with van der Waals surface area (Å²) in [7, 11) is 4.70. The van der Waals surface area contributed by atoms with Crippen molar-refractivity contribution in [2.45, 2.75) is 29.6 Å². The van der Waals surface area contributed by atoms with E-state index in [2.05, 4.69) is 0 Å². The molecule has 5 rings (SSSR count). The van der Waals surface area contributed by atoms with Crippen LogP contribution in [0.5, 0.6) is 23.0 Å². The molecule has 2 aliphatic rings. The van der Waals surface area contributed by atoms with E-state index in [1.807, 2.05) is 54.6 Å². The predicted octanol–water partition coefficient (Wildman–Crippen LogP) is 3.74. The third-order valence-electron chi connectivity index (χ3n) is 6.87. The summed E-state index contributed by atoms with van der Waals surface area (Å²) in [5.41, 5.74) is -0.875. The van der Waals surface area contributed by atoms with Crippen LogP contribution in [-0.2, 0) is 11.2 Å². The van der Waals surface area contributed by atoms with Crippen LogP contribution in [0.3, 0.4) is 0 Å². The Labute approximate surface area is 186 Å². The third-order valence-corrected chi connectivity index (χ3v) is 6.87. The van der Waals surface area contributed by atoms with Gasteiger partial charge in [0, 0.05) is 18.1 Å². The summed E-state index contributed by atoms with van der Waals surface area (Å²) in [4.78, 5) is 0. The van der Waals surface area contributed by atoms with Crippen molar-refractivity contribution in [2.24, 2.45) is 0 Å². The molecule has 4 atom stereocenters. The molecular formula is C26H26O6. The number of methoxy groups -OCH3 is 3. The van der Waals surface area contributed by atoms with E-state index in [9.17, 15) is 10.2 Å². The monoisotopic (exact) mass is 434 g/mol. The number of rotatable bonds is 5. The van der Waals surface area contributed by atoms with Crippen molar-refractivity contribution in [3.8, 4) is 23.0 Å². The summed E-state index contributed by atoms with van der Waals surface area (Å²) in [5.74, 6) is 1.75. The van der Waals surface area contributed by atoms with Gasteiger partial charge in [0.1, 0.15) is 23.0 Å². The summed E-state index contributed by atoms with van der Waals surface area (Å²) in [5, 5.41) is 23.7. The molecule has 1 aliphatic heterocycles. The quantitative estimate of drug-likeness (QED) is 0.637. The summed E-state index contributed by atoms with van der Waals surface area (Å²) in [6, 6.07) is 20.7. The first-order chi connectivity index (χ1) is 15.5. The van der Waals surface area contributed by atoms with Crippen molar-refractivity contribution < 1.29 is 29.2 Å². The van der Waals surface area contributed by atoms with Crippen LogP contribution in [0.4, 0.5) is 0 Å². The number of aliphatic hydroxyl groups excluding tert-OH is 1. The molecule has 2 N–H and O–H groups in total. The summed E-state index contributed by atoms with van der Waals surface area (Å²) >= 11 is 0. The van der Waals surface area contributed by atoms with E-state index in [1.165, 1.54) is 7.11 Å². The topological polar surface area (TPSA) is 77.4 Å². The van der Waals surface area contributed by atoms with E-state index >= 15 is 0 Å². The van der Waals surface area contributed by atoms with Gasteiger partial charge in [-0.25, -0.2) is 0 Å². The van der Waals surface area contributed by atoms with Crippen LogP contribution in [0.1, 0.15) is 29.0 Å². The van der Waals surface area contributed by atoms with Crippen molar-refractivity contribution in [3.63, 3.8) is 0 Å². The Hall–Kier alpha value is -3.22. The number of hydrogen-bond donors (Lipinski definition) is 2. The molecule has 0 bridgehead atoms. The first kappa shape index (κ1) is 20.7. The SMILES string of the molecule is COc1ccc([C@]23Oc4cc(OC)cc(OC)c4[C@]2(O)[C@H](O)C[C@@H]3c2ccccc2)cc1. The lowest BCUT2D eigenvalue weighted by molar-refractivity contribution is -0.150. The maximum Gasteiger partial charge on any atom is 0.176 e. The zero-order chi connectivity index (χ0) is 22.5. The van der Waals surface area contributed by atoms with Crippen molar-refractivity contribution in [2.75, 3.05) is 21.3 Å². The maximum atomic E-state index is 12.4. The van der Waals surface area contributed by atoms with Gasteiger partial charge in [-0.1, -0.05) is 42.5 Å². The standard InChI is InChI=1S/C26H26O6/c1-29-18-11-9-17(10-12-18)26-20(16-7-5-4-6-8-16)15-23(27)25(26,28)24-21(31-3)13-19(30-2)14-22(24)32-26/h4-14,20,23,27-28H,15H2,1-3H3/t20-,23-,25-,26-/m1/s1. The van der Waals surface area contributed by atoms with E-state index < -0.39 is 17.3 Å². The molecule has 0 saturated heterocycles. The van der Waals surface area contributed by atoms with Crippen LogP contribution in [-0.4, -0.2) is 37.6 Å². The Morgan fingerprint density at radius 1 is 0.875 bits per heavy atom. The number of aliphatic hydroxyl groups is 2. The lowest BCUT2D eigenvalue weighted by Gasteiger charge is -2.40. The second-order valence-electron chi connectivity index (χ2n) is 8.25. The summed E-state index contributed by atoms with van der Waals surface area (Å²) < 4.78 is 23.1. The van der Waals surface area contributed by atoms with Crippen molar-refractivity contribution in [1.82, 2.24) is 0 Å². The van der Waals surface area contributed by atoms with Gasteiger partial charge in [-0.05, 0) is 29.7 Å². The summed E-state index contributed by atoms with van der Waals surface area (Å²) in [6.45, 7) is 0. The Balaban J connectivity index is 1.80. The molecule has 3 aromatic rings. The molecule has 6 nitrogen and oxygen atoms in total. The molecular weight excluding hydrogens is 408 g/mol. The Kier molecular flexibility index (Phi) is 4.80. The molecule has 0 radical (unpaired) electrons. The molecule has 1 saturated carbocycles. The number of hydrogen-bond acceptors (Lipinski definition) is 6. The van der Waals surface area contributed by atoms with Crippen molar-refractivity contribution in [3.05, 3.63) is 83.4 Å². The Morgan fingerprint density at radius 3 is 2.19 bits per heavy atom. The van der Waals surface area contributed by atoms with Crippen LogP contribution < -0.4 is 18.9 Å². The zero-order valence-corrected chi connectivity index (χ0v) is 18.2. The van der Waals surface area contributed by atoms with Gasteiger partial charge < -0.3 is 29.2 Å². The number of benzene rings is 3. The number of ether oxygens (including phenoxy) is 4. The third kappa shape index (κ3) is 2.60. The molecule has 0 spiro atoms. The number of fused-ring (bicyclic) bond motifs is 3. The van der Waals surface area contributed by atoms with Crippen molar-refractivity contribution >= 4 is 0 Å². The average molecular weight is 434 g/mol. The smallest absolute Gasteiger partial charge is 0.176 e. The first-order valence-electron chi connectivity index (χ1n) is 10.5. The highest BCUT2D eigenvalue weighted by atomic mass is 16.5. The van der Waals surface area contributed by atoms with Crippen LogP contribution >= 0.6 is 0 Å². The van der Waals surface area contributed by atoms with Gasteiger partial charge in [0.2, 0.25) is 0 Å². The second kappa shape index (κ2) is 7.43. The molecule has 3 aromatic carbocycles. The van der Waals surface area contributed by atoms with E-state index in [1.54, 1.807) is 26.4 Å². The predicted molar refractivity (Wildman–Crippen MR) is 119 cm³/mol. The fourth-order valence-corrected chi connectivity index (χ4v) is 5.42. The molecule has 1 heterocycles. The van der Waals surface area contributed by atoms with Gasteiger partial charge in [0.05, 0.1) is 33.0 Å². The molecule has 0 unspecified atom stereocenters. The Morgan fingerprint density at radius 2 is 1.56 bits per heavy atom. The second-order valence-corrected chi connectivity index (χ2v) is 8.25. The van der Waals surface area contributed by atoms with E-state index in [0.29, 0.717) is 35.0 Å². The normalized spacial score (nSPS) is 27.9. The summed E-state index contributed by atoms with van der Waals surface area (Å²) in [6.07, 6.45) is -0.764. The Bertz CT molecular complexity index is 1130. The molecule has 166 valence electrons. The average Bonchev–Trinajstić information content (AvgIpc) is 3.24. The minimum Gasteiger partial charge on any atom is -0.497 e. The molecule has 6 heteroatoms. The zero-order valence-electron chi connectivity index (χ0n) is 18.2. The molecule has 0 aromatic heterocycles. The fraction of sp³-hybridized carbons (Fsp3) is 0.308. The minimum atomic E-state index is -1.74. The first-order valence-corrected chi connectivity index (χ1v) is 10.5. The van der Waals surface area contributed by atoms with Crippen LogP contribution in [0.25, 0.3) is 0 Å². The maximum absolute atomic E-state index is 12.4. The van der Waals surface area contributed by atoms with E-state index in [-0.39, 0.29) is 5.92 Å². The van der Waals surface area contributed by atoms with Crippen LogP contribution in [0.15, 0.2) is 66.7 Å². The lowest BCUT2D eigenvalue weighted by atomic mass is 9.71. The highest BCUT2D eigenvalue weighted by Gasteiger charge is 2.73.